The molecule has 0 fully saturated rings. The molecule has 0 atom stereocenters. The van der Waals surface area contributed by atoms with Gasteiger partial charge in [-0.3, -0.25) is 9.10 Å². The Morgan fingerprint density at radius 2 is 1.47 bits per heavy atom. The van der Waals surface area contributed by atoms with Gasteiger partial charge < -0.3 is 5.32 Å². The Balaban J connectivity index is 1.68. The number of anilines is 2. The number of benzene rings is 4. The molecule has 1 N–H and O–H groups in total. The first kappa shape index (κ1) is 23.1. The van der Waals surface area contributed by atoms with Crippen LogP contribution in [0.2, 0.25) is 0 Å². The number of rotatable bonds is 7. The summed E-state index contributed by atoms with van der Waals surface area (Å²) in [5.41, 5.74) is 0.888. The van der Waals surface area contributed by atoms with Crippen LogP contribution in [0.3, 0.4) is 0 Å². The summed E-state index contributed by atoms with van der Waals surface area (Å²) in [6.45, 7) is 0.0815. The normalized spacial score (nSPS) is 11.1. The fraction of sp³-hybridized carbons (Fsp3) is 0.0385. The molecular formula is C26H20F2N2O3S. The van der Waals surface area contributed by atoms with Crippen LogP contribution >= 0.6 is 0 Å². The average Bonchev–Trinajstić information content (AvgIpc) is 2.86. The quantitative estimate of drug-likeness (QED) is 0.375. The van der Waals surface area contributed by atoms with Crippen LogP contribution < -0.4 is 9.62 Å². The Bertz CT molecular complexity index is 1410. The molecule has 1 amide bonds. The van der Waals surface area contributed by atoms with Crippen molar-refractivity contribution in [3.8, 4) is 0 Å². The SMILES string of the molecule is O=C(Nc1cc(F)ccc1F)c1cccc(S(=O)(=O)N(Cc2ccccc2)c2ccccc2)c1. The van der Waals surface area contributed by atoms with Gasteiger partial charge in [0.1, 0.15) is 11.6 Å². The van der Waals surface area contributed by atoms with Crippen LogP contribution in [0.1, 0.15) is 15.9 Å². The molecule has 5 nitrogen and oxygen atoms in total. The minimum atomic E-state index is -4.08. The molecule has 0 heterocycles. The zero-order valence-corrected chi connectivity index (χ0v) is 18.7. The topological polar surface area (TPSA) is 66.5 Å². The highest BCUT2D eigenvalue weighted by Gasteiger charge is 2.26. The number of sulfonamides is 1. The lowest BCUT2D eigenvalue weighted by Gasteiger charge is -2.25. The summed E-state index contributed by atoms with van der Waals surface area (Å²) in [6, 6.07) is 25.9. The van der Waals surface area contributed by atoms with E-state index in [4.69, 9.17) is 0 Å². The van der Waals surface area contributed by atoms with E-state index in [1.54, 1.807) is 30.3 Å². The Kier molecular flexibility index (Phi) is 6.70. The van der Waals surface area contributed by atoms with Crippen molar-refractivity contribution in [2.24, 2.45) is 0 Å². The number of para-hydroxylation sites is 1. The van der Waals surface area contributed by atoms with Crippen LogP contribution in [-0.4, -0.2) is 14.3 Å². The molecule has 0 saturated carbocycles. The lowest BCUT2D eigenvalue weighted by Crippen LogP contribution is -2.30. The van der Waals surface area contributed by atoms with E-state index in [1.165, 1.54) is 28.6 Å². The molecule has 0 aliphatic rings. The molecule has 0 radical (unpaired) electrons. The molecule has 0 aliphatic heterocycles. The van der Waals surface area contributed by atoms with Gasteiger partial charge in [0.25, 0.3) is 15.9 Å². The molecular weight excluding hydrogens is 458 g/mol. The first-order chi connectivity index (χ1) is 16.3. The minimum absolute atomic E-state index is 0.0162. The number of nitrogens with one attached hydrogen (secondary N) is 1. The van der Waals surface area contributed by atoms with Crippen molar-refractivity contribution in [1.82, 2.24) is 0 Å². The van der Waals surface area contributed by atoms with Gasteiger partial charge in [-0.25, -0.2) is 17.2 Å². The van der Waals surface area contributed by atoms with E-state index in [0.29, 0.717) is 5.69 Å². The highest BCUT2D eigenvalue weighted by molar-refractivity contribution is 7.92. The zero-order valence-electron chi connectivity index (χ0n) is 17.9. The predicted octanol–water partition coefficient (Wildman–Crippen LogP) is 5.61. The van der Waals surface area contributed by atoms with Gasteiger partial charge >= 0.3 is 0 Å². The summed E-state index contributed by atoms with van der Waals surface area (Å²) in [5, 5.41) is 2.28. The van der Waals surface area contributed by atoms with Crippen LogP contribution in [0.25, 0.3) is 0 Å². The smallest absolute Gasteiger partial charge is 0.264 e. The summed E-state index contributed by atoms with van der Waals surface area (Å²) >= 11 is 0. The fourth-order valence-electron chi connectivity index (χ4n) is 3.37. The average molecular weight is 479 g/mol. The lowest BCUT2D eigenvalue weighted by molar-refractivity contribution is 0.102. The maximum atomic E-state index is 13.9. The zero-order chi connectivity index (χ0) is 24.1. The van der Waals surface area contributed by atoms with E-state index in [0.717, 1.165) is 23.8 Å². The van der Waals surface area contributed by atoms with E-state index < -0.39 is 27.6 Å². The molecule has 0 spiro atoms. The van der Waals surface area contributed by atoms with Crippen molar-refractivity contribution in [2.75, 3.05) is 9.62 Å². The van der Waals surface area contributed by atoms with Crippen LogP contribution in [0.5, 0.6) is 0 Å². The van der Waals surface area contributed by atoms with Crippen LogP contribution in [0.4, 0.5) is 20.2 Å². The van der Waals surface area contributed by atoms with Crippen LogP contribution in [-0.2, 0) is 16.6 Å². The first-order valence-corrected chi connectivity index (χ1v) is 11.8. The molecule has 172 valence electrons. The summed E-state index contributed by atoms with van der Waals surface area (Å²) in [6.07, 6.45) is 0. The third kappa shape index (κ3) is 5.13. The van der Waals surface area contributed by atoms with E-state index in [9.17, 15) is 22.0 Å². The number of nitrogens with zero attached hydrogens (tertiary/aromatic N) is 1. The van der Waals surface area contributed by atoms with Gasteiger partial charge in [0.05, 0.1) is 22.8 Å². The highest BCUT2D eigenvalue weighted by atomic mass is 32.2. The number of halogens is 2. The number of carbonyl (C=O) groups is 1. The minimum Gasteiger partial charge on any atom is -0.319 e. The van der Waals surface area contributed by atoms with Crippen molar-refractivity contribution in [3.63, 3.8) is 0 Å². The second kappa shape index (κ2) is 9.84. The molecule has 4 aromatic rings. The van der Waals surface area contributed by atoms with Gasteiger partial charge in [0, 0.05) is 11.6 Å². The molecule has 0 saturated heterocycles. The number of carbonyl (C=O) groups excluding carboxylic acids is 1. The lowest BCUT2D eigenvalue weighted by atomic mass is 10.2. The van der Waals surface area contributed by atoms with Crippen molar-refractivity contribution >= 4 is 27.3 Å². The predicted molar refractivity (Wildman–Crippen MR) is 127 cm³/mol. The molecule has 0 bridgehead atoms. The molecule has 0 unspecified atom stereocenters. The van der Waals surface area contributed by atoms with Crippen molar-refractivity contribution in [3.05, 3.63) is 126 Å². The summed E-state index contributed by atoms with van der Waals surface area (Å²) in [4.78, 5) is 12.6. The van der Waals surface area contributed by atoms with E-state index >= 15 is 0 Å². The second-order valence-corrected chi connectivity index (χ2v) is 9.30. The first-order valence-electron chi connectivity index (χ1n) is 10.3. The standard InChI is InChI=1S/C26H20F2N2O3S/c27-21-14-15-24(28)25(17-21)29-26(31)20-10-7-13-23(16-20)34(32,33)30(22-11-5-2-6-12-22)18-19-8-3-1-4-9-19/h1-17H,18H2,(H,29,31). The van der Waals surface area contributed by atoms with Gasteiger partial charge in [0.2, 0.25) is 0 Å². The third-order valence-corrected chi connectivity index (χ3v) is 6.84. The molecule has 8 heteroatoms. The molecule has 34 heavy (non-hydrogen) atoms. The summed E-state index contributed by atoms with van der Waals surface area (Å²) in [5.74, 6) is -2.29. The summed E-state index contributed by atoms with van der Waals surface area (Å²) < 4.78 is 55.9. The number of hydrogen-bond donors (Lipinski definition) is 1. The van der Waals surface area contributed by atoms with Crippen LogP contribution in [0.15, 0.2) is 108 Å². The van der Waals surface area contributed by atoms with Gasteiger partial charge in [0.15, 0.2) is 0 Å². The van der Waals surface area contributed by atoms with E-state index in [2.05, 4.69) is 5.32 Å². The fourth-order valence-corrected chi connectivity index (χ4v) is 4.87. The van der Waals surface area contributed by atoms with E-state index in [1.807, 2.05) is 30.3 Å². The molecule has 0 aliphatic carbocycles. The van der Waals surface area contributed by atoms with Gasteiger partial charge in [-0.1, -0.05) is 54.6 Å². The van der Waals surface area contributed by atoms with Crippen LogP contribution in [0, 0.1) is 11.6 Å². The highest BCUT2D eigenvalue weighted by Crippen LogP contribution is 2.27. The van der Waals surface area contributed by atoms with Gasteiger partial charge in [-0.15, -0.1) is 0 Å². The third-order valence-electron chi connectivity index (χ3n) is 5.07. The Morgan fingerprint density at radius 3 is 2.18 bits per heavy atom. The molecule has 0 aromatic heterocycles. The van der Waals surface area contributed by atoms with Crippen molar-refractivity contribution in [2.45, 2.75) is 11.4 Å². The largest absolute Gasteiger partial charge is 0.319 e. The Labute approximate surface area is 196 Å². The second-order valence-electron chi connectivity index (χ2n) is 7.44. The summed E-state index contributed by atoms with van der Waals surface area (Å²) in [7, 11) is -4.08. The van der Waals surface area contributed by atoms with Crippen molar-refractivity contribution in [1.29, 1.82) is 0 Å². The Hall–Kier alpha value is -4.04. The van der Waals surface area contributed by atoms with Crippen molar-refractivity contribution < 1.29 is 22.0 Å². The molecule has 4 rings (SSSR count). The maximum Gasteiger partial charge on any atom is 0.264 e. The Morgan fingerprint density at radius 1 is 0.794 bits per heavy atom. The van der Waals surface area contributed by atoms with Gasteiger partial charge in [-0.05, 0) is 48.0 Å². The number of hydrogen-bond acceptors (Lipinski definition) is 3. The molecule has 4 aromatic carbocycles. The van der Waals surface area contributed by atoms with E-state index in [-0.39, 0.29) is 22.7 Å². The van der Waals surface area contributed by atoms with Gasteiger partial charge in [-0.2, -0.15) is 0 Å². The number of amides is 1. The monoisotopic (exact) mass is 478 g/mol. The maximum absolute atomic E-state index is 13.9.